The van der Waals surface area contributed by atoms with E-state index in [1.807, 2.05) is 37.3 Å². The number of methoxy groups -OCH3 is 1. The number of benzene rings is 1. The predicted octanol–water partition coefficient (Wildman–Crippen LogP) is 2.85. The number of nitrogens with zero attached hydrogens (tertiary/aromatic N) is 2. The fourth-order valence-electron chi connectivity index (χ4n) is 3.48. The normalized spacial score (nSPS) is 17.5. The van der Waals surface area contributed by atoms with Crippen LogP contribution in [0.2, 0.25) is 0 Å². The molecule has 1 aromatic carbocycles. The summed E-state index contributed by atoms with van der Waals surface area (Å²) in [5.74, 6) is -0.374. The van der Waals surface area contributed by atoms with Gasteiger partial charge in [0.2, 0.25) is 5.91 Å². The van der Waals surface area contributed by atoms with Crippen molar-refractivity contribution in [2.24, 2.45) is 0 Å². The van der Waals surface area contributed by atoms with Crippen LogP contribution < -0.4 is 4.90 Å². The Bertz CT molecular complexity index is 563. The van der Waals surface area contributed by atoms with Crippen molar-refractivity contribution < 1.29 is 14.3 Å². The smallest absolute Gasteiger partial charge is 0.332 e. The van der Waals surface area contributed by atoms with Crippen LogP contribution in [0.3, 0.4) is 0 Å². The van der Waals surface area contributed by atoms with E-state index < -0.39 is 5.54 Å². The van der Waals surface area contributed by atoms with Crippen molar-refractivity contribution in [1.82, 2.24) is 4.90 Å². The van der Waals surface area contributed by atoms with Crippen LogP contribution in [0.25, 0.3) is 0 Å². The van der Waals surface area contributed by atoms with Crippen LogP contribution in [-0.2, 0) is 14.3 Å². The second-order valence-corrected chi connectivity index (χ2v) is 6.57. The number of esters is 1. The molecule has 2 rings (SSSR count). The molecule has 1 fully saturated rings. The Morgan fingerprint density at radius 3 is 2.25 bits per heavy atom. The molecule has 0 atom stereocenters. The number of anilines is 1. The largest absolute Gasteiger partial charge is 0.467 e. The molecule has 1 heterocycles. The summed E-state index contributed by atoms with van der Waals surface area (Å²) in [5, 5.41) is 0. The Morgan fingerprint density at radius 2 is 1.79 bits per heavy atom. The first-order valence-electron chi connectivity index (χ1n) is 8.67. The number of piperidine rings is 1. The zero-order valence-electron chi connectivity index (χ0n) is 15.1. The van der Waals surface area contributed by atoms with Gasteiger partial charge in [0.1, 0.15) is 5.54 Å². The number of likely N-dealkylation sites (tertiary alicyclic amines) is 1. The summed E-state index contributed by atoms with van der Waals surface area (Å²) in [7, 11) is 1.40. The maximum absolute atomic E-state index is 12.8. The quantitative estimate of drug-likeness (QED) is 0.778. The van der Waals surface area contributed by atoms with Gasteiger partial charge >= 0.3 is 5.97 Å². The fourth-order valence-corrected chi connectivity index (χ4v) is 3.48. The molecule has 5 nitrogen and oxygen atoms in total. The molecular weight excluding hydrogens is 304 g/mol. The van der Waals surface area contributed by atoms with Gasteiger partial charge in [-0.25, -0.2) is 4.79 Å². The first kappa shape index (κ1) is 18.5. The van der Waals surface area contributed by atoms with Crippen LogP contribution >= 0.6 is 0 Å². The number of hydrogen-bond acceptors (Lipinski definition) is 4. The van der Waals surface area contributed by atoms with Crippen molar-refractivity contribution in [1.29, 1.82) is 0 Å². The Labute approximate surface area is 144 Å². The van der Waals surface area contributed by atoms with Crippen LogP contribution in [-0.4, -0.2) is 48.6 Å². The lowest BCUT2D eigenvalue weighted by Crippen LogP contribution is -2.63. The van der Waals surface area contributed by atoms with E-state index >= 15 is 0 Å². The highest BCUT2D eigenvalue weighted by molar-refractivity contribution is 6.02. The van der Waals surface area contributed by atoms with E-state index in [4.69, 9.17) is 4.74 Å². The molecule has 24 heavy (non-hydrogen) atoms. The van der Waals surface area contributed by atoms with Crippen LogP contribution in [0.1, 0.15) is 40.0 Å². The Balaban J connectivity index is 2.44. The van der Waals surface area contributed by atoms with Gasteiger partial charge in [0.15, 0.2) is 0 Å². The Kier molecular flexibility index (Phi) is 5.99. The number of para-hydroxylation sites is 1. The molecule has 5 heteroatoms. The topological polar surface area (TPSA) is 49.9 Å². The van der Waals surface area contributed by atoms with E-state index in [-0.39, 0.29) is 11.9 Å². The minimum absolute atomic E-state index is 0.0513. The highest BCUT2D eigenvalue weighted by Crippen LogP contribution is 2.35. The van der Waals surface area contributed by atoms with Crippen molar-refractivity contribution in [3.05, 3.63) is 30.3 Å². The molecule has 0 aliphatic carbocycles. The minimum atomic E-state index is -0.922. The monoisotopic (exact) mass is 332 g/mol. The van der Waals surface area contributed by atoms with E-state index in [0.29, 0.717) is 25.3 Å². The van der Waals surface area contributed by atoms with E-state index in [1.165, 1.54) is 7.11 Å². The van der Waals surface area contributed by atoms with E-state index in [2.05, 4.69) is 18.7 Å². The first-order valence-corrected chi connectivity index (χ1v) is 8.67. The third-order valence-electron chi connectivity index (χ3n) is 4.92. The first-order chi connectivity index (χ1) is 11.5. The lowest BCUT2D eigenvalue weighted by Gasteiger charge is -2.47. The average Bonchev–Trinajstić information content (AvgIpc) is 2.62. The summed E-state index contributed by atoms with van der Waals surface area (Å²) in [6, 6.07) is 9.87. The number of carbonyl (C=O) groups excluding carboxylic acids is 2. The summed E-state index contributed by atoms with van der Waals surface area (Å²) in [4.78, 5) is 29.5. The number of amides is 1. The van der Waals surface area contributed by atoms with E-state index in [1.54, 1.807) is 4.90 Å². The lowest BCUT2D eigenvalue weighted by atomic mass is 9.84. The molecule has 0 aromatic heterocycles. The van der Waals surface area contributed by atoms with Gasteiger partial charge in [-0.2, -0.15) is 0 Å². The van der Waals surface area contributed by atoms with Crippen molar-refractivity contribution in [3.63, 3.8) is 0 Å². The molecule has 1 amide bonds. The van der Waals surface area contributed by atoms with Crippen molar-refractivity contribution >= 4 is 17.6 Å². The zero-order valence-corrected chi connectivity index (χ0v) is 15.1. The third-order valence-corrected chi connectivity index (χ3v) is 4.92. The molecule has 132 valence electrons. The van der Waals surface area contributed by atoms with Gasteiger partial charge in [-0.3, -0.25) is 9.69 Å². The van der Waals surface area contributed by atoms with Gasteiger partial charge in [-0.05, 0) is 38.8 Å². The predicted molar refractivity (Wildman–Crippen MR) is 94.9 cm³/mol. The molecule has 1 aromatic rings. The summed E-state index contributed by atoms with van der Waals surface area (Å²) < 4.78 is 5.13. The molecule has 0 saturated carbocycles. The summed E-state index contributed by atoms with van der Waals surface area (Å²) in [6.07, 6.45) is 1.51. The molecule has 0 spiro atoms. The van der Waals surface area contributed by atoms with Gasteiger partial charge in [-0.1, -0.05) is 25.1 Å². The van der Waals surface area contributed by atoms with Crippen LogP contribution in [0, 0.1) is 0 Å². The molecule has 1 saturated heterocycles. The molecule has 1 aliphatic rings. The van der Waals surface area contributed by atoms with Crippen molar-refractivity contribution in [3.8, 4) is 0 Å². The van der Waals surface area contributed by atoms with E-state index in [9.17, 15) is 9.59 Å². The minimum Gasteiger partial charge on any atom is -0.467 e. The third kappa shape index (κ3) is 3.46. The molecular formula is C19H28N2O3. The number of ether oxygens (including phenoxy) is 1. The zero-order chi connectivity index (χ0) is 17.7. The SMILES string of the molecule is CCC(=O)N(c1ccccc1)C1(C(=O)OC)CCN(C(C)C)CC1. The Hall–Kier alpha value is -1.88. The summed E-state index contributed by atoms with van der Waals surface area (Å²) in [5.41, 5.74) is -0.165. The van der Waals surface area contributed by atoms with Crippen LogP contribution in [0.15, 0.2) is 30.3 Å². The summed E-state index contributed by atoms with van der Waals surface area (Å²) in [6.45, 7) is 7.67. The molecule has 0 bridgehead atoms. The van der Waals surface area contributed by atoms with Gasteiger partial charge in [-0.15, -0.1) is 0 Å². The Morgan fingerprint density at radius 1 is 1.21 bits per heavy atom. The average molecular weight is 332 g/mol. The maximum Gasteiger partial charge on any atom is 0.332 e. The molecule has 0 radical (unpaired) electrons. The van der Waals surface area contributed by atoms with Crippen molar-refractivity contribution in [2.45, 2.75) is 51.6 Å². The van der Waals surface area contributed by atoms with Gasteiger partial charge < -0.3 is 9.64 Å². The van der Waals surface area contributed by atoms with Crippen molar-refractivity contribution in [2.75, 3.05) is 25.1 Å². The number of rotatable bonds is 5. The fraction of sp³-hybridized carbons (Fsp3) is 0.579. The van der Waals surface area contributed by atoms with E-state index in [0.717, 1.165) is 18.8 Å². The second-order valence-electron chi connectivity index (χ2n) is 6.57. The van der Waals surface area contributed by atoms with Crippen LogP contribution in [0.5, 0.6) is 0 Å². The van der Waals surface area contributed by atoms with Gasteiger partial charge in [0.25, 0.3) is 0 Å². The van der Waals surface area contributed by atoms with Crippen LogP contribution in [0.4, 0.5) is 5.69 Å². The van der Waals surface area contributed by atoms with Gasteiger partial charge in [0, 0.05) is 31.2 Å². The highest BCUT2D eigenvalue weighted by atomic mass is 16.5. The maximum atomic E-state index is 12.8. The lowest BCUT2D eigenvalue weighted by molar-refractivity contribution is -0.151. The van der Waals surface area contributed by atoms with Gasteiger partial charge in [0.05, 0.1) is 7.11 Å². The summed E-state index contributed by atoms with van der Waals surface area (Å²) >= 11 is 0. The number of carbonyl (C=O) groups is 2. The molecule has 0 unspecified atom stereocenters. The number of hydrogen-bond donors (Lipinski definition) is 0. The standard InChI is InChI=1S/C19H28N2O3/c1-5-17(22)21(16-9-7-6-8-10-16)19(18(23)24-4)11-13-20(14-12-19)15(2)3/h6-10,15H,5,11-14H2,1-4H3. The molecule has 0 N–H and O–H groups in total. The molecule has 1 aliphatic heterocycles. The highest BCUT2D eigenvalue weighted by Gasteiger charge is 2.49. The second kappa shape index (κ2) is 7.79.